The van der Waals surface area contributed by atoms with E-state index in [1.807, 2.05) is 6.92 Å². The van der Waals surface area contributed by atoms with Crippen LogP contribution in [0.25, 0.3) is 11.2 Å². The van der Waals surface area contributed by atoms with E-state index >= 15 is 0 Å². The predicted molar refractivity (Wildman–Crippen MR) is 76.2 cm³/mol. The minimum atomic E-state index is -0.606. The van der Waals surface area contributed by atoms with Crippen molar-refractivity contribution in [2.75, 3.05) is 6.54 Å². The van der Waals surface area contributed by atoms with E-state index in [1.165, 1.54) is 0 Å². The molecule has 0 fully saturated rings. The van der Waals surface area contributed by atoms with Crippen molar-refractivity contribution in [2.24, 2.45) is 12.2 Å². The molecule has 112 valence electrons. The van der Waals surface area contributed by atoms with Crippen molar-refractivity contribution in [1.29, 1.82) is 0 Å². The number of hydrogen-bond acceptors (Lipinski definition) is 6. The van der Waals surface area contributed by atoms with E-state index in [2.05, 4.69) is 25.5 Å². The van der Waals surface area contributed by atoms with Crippen molar-refractivity contribution in [2.45, 2.75) is 27.7 Å². The van der Waals surface area contributed by atoms with Gasteiger partial charge in [-0.25, -0.2) is 19.4 Å². The van der Waals surface area contributed by atoms with Gasteiger partial charge in [0.2, 0.25) is 0 Å². The van der Waals surface area contributed by atoms with Crippen molar-refractivity contribution in [3.63, 3.8) is 0 Å². The molecule has 2 aromatic heterocycles. The van der Waals surface area contributed by atoms with Gasteiger partial charge in [0, 0.05) is 13.6 Å². The molecule has 1 amide bonds. The molecule has 1 N–H and O–H groups in total. The number of fused-ring (bicyclic) bond motifs is 1. The lowest BCUT2D eigenvalue weighted by molar-refractivity contribution is 0.146. The van der Waals surface area contributed by atoms with E-state index in [1.54, 1.807) is 32.5 Å². The van der Waals surface area contributed by atoms with E-state index in [4.69, 9.17) is 4.84 Å². The Morgan fingerprint density at radius 3 is 2.57 bits per heavy atom. The average molecular weight is 290 g/mol. The third-order valence-electron chi connectivity index (χ3n) is 2.94. The molecule has 8 heteroatoms. The van der Waals surface area contributed by atoms with Crippen LogP contribution in [0.4, 0.5) is 4.79 Å². The molecule has 0 aromatic carbocycles. The largest absolute Gasteiger partial charge is 0.433 e. The number of carbonyl (C=O) groups is 1. The summed E-state index contributed by atoms with van der Waals surface area (Å²) in [7, 11) is 1.81. The van der Waals surface area contributed by atoms with Crippen LogP contribution in [-0.2, 0) is 11.9 Å². The summed E-state index contributed by atoms with van der Waals surface area (Å²) in [5.74, 6) is 0. The standard InChI is InChI=1S/C13H18N6O2/c1-6-14-13(20)21-18-10-7(2)15-11-9(4)17-19(5)12(11)16-8(10)3/h6H2,1-5H3,(H,14,20)/b18-10-. The SMILES string of the molecule is CCNC(=O)O/N=c1/c(C)nc2c(C)nn(C)c2nc1C. The van der Waals surface area contributed by atoms with Gasteiger partial charge in [0.15, 0.2) is 5.65 Å². The molecule has 2 heterocycles. The first-order valence-electron chi connectivity index (χ1n) is 6.61. The normalized spacial score (nSPS) is 11.8. The summed E-state index contributed by atoms with van der Waals surface area (Å²) in [5, 5.41) is 11.1. The Labute approximate surface area is 121 Å². The van der Waals surface area contributed by atoms with Crippen LogP contribution in [0.2, 0.25) is 0 Å². The van der Waals surface area contributed by atoms with Gasteiger partial charge in [0.05, 0.1) is 17.1 Å². The summed E-state index contributed by atoms with van der Waals surface area (Å²) in [4.78, 5) is 25.1. The first-order valence-corrected chi connectivity index (χ1v) is 6.61. The third-order valence-corrected chi connectivity index (χ3v) is 2.94. The highest BCUT2D eigenvalue weighted by Gasteiger charge is 2.10. The van der Waals surface area contributed by atoms with Crippen molar-refractivity contribution in [3.8, 4) is 0 Å². The first-order chi connectivity index (χ1) is 9.93. The topological polar surface area (TPSA) is 94.3 Å². The van der Waals surface area contributed by atoms with Gasteiger partial charge in [-0.1, -0.05) is 5.16 Å². The second kappa shape index (κ2) is 5.86. The van der Waals surface area contributed by atoms with E-state index in [0.29, 0.717) is 34.5 Å². The highest BCUT2D eigenvalue weighted by Crippen LogP contribution is 2.11. The number of amides is 1. The fourth-order valence-corrected chi connectivity index (χ4v) is 1.98. The monoisotopic (exact) mass is 290 g/mol. The molecule has 0 saturated carbocycles. The second-order valence-electron chi connectivity index (χ2n) is 4.62. The fraction of sp³-hybridized carbons (Fsp3) is 0.462. The Balaban J connectivity index is 2.60. The average Bonchev–Trinajstić information content (AvgIpc) is 2.59. The number of rotatable bonds is 2. The Kier molecular flexibility index (Phi) is 4.15. The molecule has 0 aliphatic rings. The van der Waals surface area contributed by atoms with Crippen LogP contribution in [0.5, 0.6) is 0 Å². The Morgan fingerprint density at radius 1 is 1.24 bits per heavy atom. The molecule has 0 bridgehead atoms. The van der Waals surface area contributed by atoms with Crippen LogP contribution >= 0.6 is 0 Å². The van der Waals surface area contributed by atoms with Crippen molar-refractivity contribution >= 4 is 17.3 Å². The van der Waals surface area contributed by atoms with E-state index in [0.717, 1.165) is 5.69 Å². The summed E-state index contributed by atoms with van der Waals surface area (Å²) < 4.78 is 1.67. The van der Waals surface area contributed by atoms with E-state index in [-0.39, 0.29) is 0 Å². The number of carbonyl (C=O) groups excluding carboxylic acids is 1. The molecule has 0 aliphatic heterocycles. The fourth-order valence-electron chi connectivity index (χ4n) is 1.98. The van der Waals surface area contributed by atoms with Crippen LogP contribution < -0.4 is 10.7 Å². The van der Waals surface area contributed by atoms with E-state index in [9.17, 15) is 4.79 Å². The lowest BCUT2D eigenvalue weighted by Gasteiger charge is -1.97. The minimum absolute atomic E-state index is 0.442. The maximum absolute atomic E-state index is 11.3. The predicted octanol–water partition coefficient (Wildman–Crippen LogP) is 0.850. The van der Waals surface area contributed by atoms with Gasteiger partial charge in [0.25, 0.3) is 0 Å². The number of nitrogens with one attached hydrogen (secondary N) is 1. The molecule has 0 aliphatic carbocycles. The van der Waals surface area contributed by atoms with Crippen molar-refractivity contribution < 1.29 is 9.63 Å². The Hall–Kier alpha value is -2.51. The lowest BCUT2D eigenvalue weighted by atomic mass is 10.3. The van der Waals surface area contributed by atoms with E-state index < -0.39 is 6.09 Å². The van der Waals surface area contributed by atoms with Gasteiger partial charge in [-0.05, 0) is 27.7 Å². The molecule has 2 rings (SSSR count). The molecule has 21 heavy (non-hydrogen) atoms. The van der Waals surface area contributed by atoms with Crippen LogP contribution in [0.1, 0.15) is 24.0 Å². The third kappa shape index (κ3) is 2.99. The molecule has 0 spiro atoms. The van der Waals surface area contributed by atoms with Gasteiger partial charge in [0.1, 0.15) is 10.9 Å². The maximum Gasteiger partial charge on any atom is 0.433 e. The summed E-state index contributed by atoms with van der Waals surface area (Å²) in [6.45, 7) is 7.72. The quantitative estimate of drug-likeness (QED) is 0.653. The zero-order chi connectivity index (χ0) is 15.6. The van der Waals surface area contributed by atoms with Gasteiger partial charge < -0.3 is 5.32 Å². The summed E-state index contributed by atoms with van der Waals surface area (Å²) in [6, 6.07) is 0. The molecule has 0 unspecified atom stereocenters. The van der Waals surface area contributed by atoms with Crippen LogP contribution in [-0.4, -0.2) is 32.4 Å². The van der Waals surface area contributed by atoms with Crippen LogP contribution in [0, 0.1) is 20.8 Å². The first kappa shape index (κ1) is 14.9. The summed E-state index contributed by atoms with van der Waals surface area (Å²) in [6.07, 6.45) is -0.606. The Bertz CT molecular complexity index is 717. The van der Waals surface area contributed by atoms with Crippen LogP contribution in [0.3, 0.4) is 0 Å². The summed E-state index contributed by atoms with van der Waals surface area (Å²) in [5.41, 5.74) is 3.39. The minimum Gasteiger partial charge on any atom is -0.320 e. The molecule has 0 atom stereocenters. The number of aryl methyl sites for hydroxylation is 4. The van der Waals surface area contributed by atoms with Gasteiger partial charge in [-0.15, -0.1) is 0 Å². The molecular formula is C13H18N6O2. The van der Waals surface area contributed by atoms with Gasteiger partial charge in [-0.3, -0.25) is 4.84 Å². The Morgan fingerprint density at radius 2 is 1.90 bits per heavy atom. The number of nitrogens with zero attached hydrogens (tertiary/aromatic N) is 5. The van der Waals surface area contributed by atoms with Crippen molar-refractivity contribution in [1.82, 2.24) is 25.1 Å². The van der Waals surface area contributed by atoms with Gasteiger partial charge in [-0.2, -0.15) is 5.10 Å². The maximum atomic E-state index is 11.3. The lowest BCUT2D eigenvalue weighted by Crippen LogP contribution is -2.23. The molecule has 8 nitrogen and oxygen atoms in total. The van der Waals surface area contributed by atoms with Gasteiger partial charge >= 0.3 is 6.09 Å². The second-order valence-corrected chi connectivity index (χ2v) is 4.62. The smallest absolute Gasteiger partial charge is 0.320 e. The zero-order valence-corrected chi connectivity index (χ0v) is 12.8. The molecule has 2 aromatic rings. The summed E-state index contributed by atoms with van der Waals surface area (Å²) >= 11 is 0. The zero-order valence-electron chi connectivity index (χ0n) is 12.8. The number of aromatic nitrogens is 4. The highest BCUT2D eigenvalue weighted by molar-refractivity contribution is 5.72. The molecule has 0 radical (unpaired) electrons. The van der Waals surface area contributed by atoms with Crippen molar-refractivity contribution in [3.05, 3.63) is 22.4 Å². The molecular weight excluding hydrogens is 272 g/mol. The van der Waals surface area contributed by atoms with Crippen LogP contribution in [0.15, 0.2) is 5.16 Å². The number of hydrogen-bond donors (Lipinski definition) is 1. The molecule has 0 saturated heterocycles. The highest BCUT2D eigenvalue weighted by atomic mass is 16.7.